The van der Waals surface area contributed by atoms with Crippen LogP contribution in [0.2, 0.25) is 0 Å². The molecule has 1 saturated heterocycles. The Hall–Kier alpha value is -1.06. The van der Waals surface area contributed by atoms with E-state index in [0.29, 0.717) is 6.04 Å². The first-order valence-corrected chi connectivity index (χ1v) is 6.60. The highest BCUT2D eigenvalue weighted by Gasteiger charge is 2.14. The summed E-state index contributed by atoms with van der Waals surface area (Å²) in [6.07, 6.45) is 3.45. The summed E-state index contributed by atoms with van der Waals surface area (Å²) in [7, 11) is 0. The monoisotopic (exact) mass is 232 g/mol. The molecule has 2 aliphatic heterocycles. The van der Waals surface area contributed by atoms with Crippen LogP contribution in [0.25, 0.3) is 0 Å². The normalized spacial score (nSPS) is 22.5. The third-order valence-corrected chi connectivity index (χ3v) is 3.66. The summed E-state index contributed by atoms with van der Waals surface area (Å²) in [5.41, 5.74) is 2.80. The van der Waals surface area contributed by atoms with Crippen molar-refractivity contribution in [1.82, 2.24) is 10.6 Å². The van der Waals surface area contributed by atoms with Gasteiger partial charge in [0.2, 0.25) is 0 Å². The summed E-state index contributed by atoms with van der Waals surface area (Å²) in [6, 6.07) is 7.29. The van der Waals surface area contributed by atoms with Crippen LogP contribution in [0.15, 0.2) is 18.2 Å². The van der Waals surface area contributed by atoms with E-state index in [-0.39, 0.29) is 0 Å². The second kappa shape index (κ2) is 5.07. The zero-order valence-electron chi connectivity index (χ0n) is 10.2. The maximum Gasteiger partial charge on any atom is 0.122 e. The molecule has 0 aromatic heterocycles. The zero-order chi connectivity index (χ0) is 11.5. The number of ether oxygens (including phenoxy) is 1. The van der Waals surface area contributed by atoms with Crippen molar-refractivity contribution in [2.45, 2.75) is 25.3 Å². The smallest absolute Gasteiger partial charge is 0.122 e. The molecular formula is C14H20N2O. The third kappa shape index (κ3) is 2.61. The number of benzene rings is 1. The van der Waals surface area contributed by atoms with E-state index in [4.69, 9.17) is 4.74 Å². The summed E-state index contributed by atoms with van der Waals surface area (Å²) in [5, 5.41) is 6.98. The van der Waals surface area contributed by atoms with E-state index in [1.807, 2.05) is 0 Å². The molecule has 2 N–H and O–H groups in total. The van der Waals surface area contributed by atoms with Gasteiger partial charge in [-0.3, -0.25) is 0 Å². The molecule has 1 atom stereocenters. The minimum atomic E-state index is 0.674. The van der Waals surface area contributed by atoms with Gasteiger partial charge in [0.1, 0.15) is 5.75 Å². The van der Waals surface area contributed by atoms with Crippen molar-refractivity contribution in [1.29, 1.82) is 0 Å². The number of fused-ring (bicyclic) bond motifs is 1. The lowest BCUT2D eigenvalue weighted by Crippen LogP contribution is -2.32. The number of hydrogen-bond acceptors (Lipinski definition) is 3. The summed E-state index contributed by atoms with van der Waals surface area (Å²) in [6.45, 7) is 4.21. The summed E-state index contributed by atoms with van der Waals surface area (Å²) >= 11 is 0. The van der Waals surface area contributed by atoms with Gasteiger partial charge in [0.05, 0.1) is 6.61 Å². The largest absolute Gasteiger partial charge is 0.493 e. The molecule has 1 aromatic carbocycles. The van der Waals surface area contributed by atoms with Gasteiger partial charge < -0.3 is 15.4 Å². The Morgan fingerprint density at radius 1 is 1.41 bits per heavy atom. The Kier molecular flexibility index (Phi) is 3.29. The van der Waals surface area contributed by atoms with Crippen LogP contribution in [0.5, 0.6) is 5.75 Å². The van der Waals surface area contributed by atoms with E-state index in [0.717, 1.165) is 44.8 Å². The Balaban J connectivity index is 1.51. The molecule has 3 rings (SSSR count). The maximum absolute atomic E-state index is 5.52. The first kappa shape index (κ1) is 11.1. The number of rotatable bonds is 4. The van der Waals surface area contributed by atoms with Gasteiger partial charge in [-0.15, -0.1) is 0 Å². The molecule has 2 heterocycles. The first-order valence-electron chi connectivity index (χ1n) is 6.60. The van der Waals surface area contributed by atoms with Gasteiger partial charge in [0, 0.05) is 19.0 Å². The average Bonchev–Trinajstić information content (AvgIpc) is 2.98. The van der Waals surface area contributed by atoms with Gasteiger partial charge in [-0.1, -0.05) is 12.1 Å². The molecule has 0 radical (unpaired) electrons. The van der Waals surface area contributed by atoms with E-state index in [1.165, 1.54) is 17.5 Å². The molecule has 1 fully saturated rings. The average molecular weight is 232 g/mol. The SMILES string of the molecule is c1cc2c(cc1CCNC1CCNC1)CCO2. The molecule has 0 saturated carbocycles. The molecule has 0 bridgehead atoms. The van der Waals surface area contributed by atoms with Crippen molar-refractivity contribution in [3.8, 4) is 5.75 Å². The van der Waals surface area contributed by atoms with Gasteiger partial charge in [-0.2, -0.15) is 0 Å². The molecular weight excluding hydrogens is 212 g/mol. The van der Waals surface area contributed by atoms with Crippen molar-refractivity contribution >= 4 is 0 Å². The maximum atomic E-state index is 5.52. The Labute approximate surface area is 103 Å². The first-order chi connectivity index (χ1) is 8.42. The molecule has 1 aromatic rings. The Morgan fingerprint density at radius 3 is 3.29 bits per heavy atom. The predicted molar refractivity (Wildman–Crippen MR) is 68.6 cm³/mol. The fraction of sp³-hybridized carbons (Fsp3) is 0.571. The minimum absolute atomic E-state index is 0.674. The van der Waals surface area contributed by atoms with E-state index in [1.54, 1.807) is 0 Å². The number of nitrogens with one attached hydrogen (secondary N) is 2. The molecule has 17 heavy (non-hydrogen) atoms. The van der Waals surface area contributed by atoms with E-state index in [2.05, 4.69) is 28.8 Å². The van der Waals surface area contributed by atoms with Crippen LogP contribution in [0.3, 0.4) is 0 Å². The van der Waals surface area contributed by atoms with E-state index in [9.17, 15) is 0 Å². The van der Waals surface area contributed by atoms with Crippen LogP contribution in [0.4, 0.5) is 0 Å². The van der Waals surface area contributed by atoms with Crippen molar-refractivity contribution in [3.05, 3.63) is 29.3 Å². The highest BCUT2D eigenvalue weighted by atomic mass is 16.5. The van der Waals surface area contributed by atoms with Gasteiger partial charge in [-0.05, 0) is 43.1 Å². The highest BCUT2D eigenvalue weighted by molar-refractivity contribution is 5.39. The second-order valence-electron chi connectivity index (χ2n) is 4.93. The van der Waals surface area contributed by atoms with Crippen LogP contribution >= 0.6 is 0 Å². The van der Waals surface area contributed by atoms with Gasteiger partial charge in [-0.25, -0.2) is 0 Å². The molecule has 0 aliphatic carbocycles. The van der Waals surface area contributed by atoms with Gasteiger partial charge in [0.15, 0.2) is 0 Å². The predicted octanol–water partition coefficient (Wildman–Crippen LogP) is 1.12. The van der Waals surface area contributed by atoms with Crippen molar-refractivity contribution < 1.29 is 4.74 Å². The molecule has 0 amide bonds. The molecule has 2 aliphatic rings. The van der Waals surface area contributed by atoms with Crippen LogP contribution in [-0.2, 0) is 12.8 Å². The summed E-state index contributed by atoms with van der Waals surface area (Å²) in [4.78, 5) is 0. The zero-order valence-corrected chi connectivity index (χ0v) is 10.2. The summed E-state index contributed by atoms with van der Waals surface area (Å²) < 4.78 is 5.52. The second-order valence-corrected chi connectivity index (χ2v) is 4.93. The van der Waals surface area contributed by atoms with E-state index >= 15 is 0 Å². The lowest BCUT2D eigenvalue weighted by atomic mass is 10.1. The highest BCUT2D eigenvalue weighted by Crippen LogP contribution is 2.25. The summed E-state index contributed by atoms with van der Waals surface area (Å²) in [5.74, 6) is 1.08. The lowest BCUT2D eigenvalue weighted by molar-refractivity contribution is 0.357. The van der Waals surface area contributed by atoms with Crippen molar-refractivity contribution in [3.63, 3.8) is 0 Å². The minimum Gasteiger partial charge on any atom is -0.493 e. The molecule has 3 nitrogen and oxygen atoms in total. The van der Waals surface area contributed by atoms with Crippen LogP contribution in [-0.4, -0.2) is 32.3 Å². The molecule has 92 valence electrons. The topological polar surface area (TPSA) is 33.3 Å². The van der Waals surface area contributed by atoms with Crippen LogP contribution in [0.1, 0.15) is 17.5 Å². The third-order valence-electron chi connectivity index (χ3n) is 3.66. The molecule has 3 heteroatoms. The Morgan fingerprint density at radius 2 is 2.41 bits per heavy atom. The van der Waals surface area contributed by atoms with Crippen molar-refractivity contribution in [2.75, 3.05) is 26.2 Å². The fourth-order valence-corrected chi connectivity index (χ4v) is 2.64. The molecule has 0 spiro atoms. The van der Waals surface area contributed by atoms with Crippen molar-refractivity contribution in [2.24, 2.45) is 0 Å². The van der Waals surface area contributed by atoms with E-state index < -0.39 is 0 Å². The Bertz CT molecular complexity index is 386. The van der Waals surface area contributed by atoms with Crippen LogP contribution < -0.4 is 15.4 Å². The standard InChI is InChI=1S/C14H20N2O/c1-2-14-12(5-8-17-14)9-11(1)3-7-16-13-4-6-15-10-13/h1-2,9,13,15-16H,3-8,10H2. The number of hydrogen-bond donors (Lipinski definition) is 2. The van der Waals surface area contributed by atoms with Gasteiger partial charge >= 0.3 is 0 Å². The van der Waals surface area contributed by atoms with Crippen LogP contribution in [0, 0.1) is 0 Å². The van der Waals surface area contributed by atoms with Gasteiger partial charge in [0.25, 0.3) is 0 Å². The fourth-order valence-electron chi connectivity index (χ4n) is 2.64. The quantitative estimate of drug-likeness (QED) is 0.816. The lowest BCUT2D eigenvalue weighted by Gasteiger charge is -2.11. The molecule has 1 unspecified atom stereocenters.